The van der Waals surface area contributed by atoms with Crippen molar-refractivity contribution in [1.82, 2.24) is 9.55 Å². The minimum Gasteiger partial charge on any atom is -0.423 e. The van der Waals surface area contributed by atoms with E-state index in [4.69, 9.17) is 10.0 Å². The molecule has 0 atom stereocenters. The van der Waals surface area contributed by atoms with Gasteiger partial charge in [0.2, 0.25) is 0 Å². The number of aromatic nitrogens is 2. The van der Waals surface area contributed by atoms with Crippen molar-refractivity contribution < 1.29 is 10.0 Å². The Morgan fingerprint density at radius 3 is 2.67 bits per heavy atom. The maximum absolute atomic E-state index is 9.03. The van der Waals surface area contributed by atoms with Crippen LogP contribution in [0.25, 0.3) is 5.69 Å². The Labute approximate surface area is 95.5 Å². The highest BCUT2D eigenvalue weighted by Gasteiger charge is 2.14. The monoisotopic (exact) mass is 266 g/mol. The molecule has 2 N–H and O–H groups in total. The molecule has 6 heteroatoms. The van der Waals surface area contributed by atoms with Gasteiger partial charge in [0.25, 0.3) is 0 Å². The lowest BCUT2D eigenvalue weighted by Crippen LogP contribution is -2.30. The molecular formula is C9H8BBrN2O2. The number of hydrogen-bond donors (Lipinski definition) is 2. The summed E-state index contributed by atoms with van der Waals surface area (Å²) in [7, 11) is -1.46. The molecule has 0 aliphatic heterocycles. The zero-order valence-corrected chi connectivity index (χ0v) is 9.29. The number of nitrogens with zero attached hydrogens (tertiary/aromatic N) is 2. The minimum atomic E-state index is -1.46. The molecule has 0 saturated heterocycles. The van der Waals surface area contributed by atoms with E-state index in [0.717, 1.165) is 5.69 Å². The fourth-order valence-electron chi connectivity index (χ4n) is 1.30. The highest BCUT2D eigenvalue weighted by Crippen LogP contribution is 2.13. The van der Waals surface area contributed by atoms with Gasteiger partial charge in [0, 0.05) is 22.6 Å². The van der Waals surface area contributed by atoms with Crippen LogP contribution in [0, 0.1) is 0 Å². The van der Waals surface area contributed by atoms with Crippen LogP contribution in [0.3, 0.4) is 0 Å². The molecule has 1 aromatic heterocycles. The minimum absolute atomic E-state index is 0.443. The lowest BCUT2D eigenvalue weighted by Gasteiger charge is -2.06. The first kappa shape index (κ1) is 10.4. The zero-order valence-electron chi connectivity index (χ0n) is 7.71. The van der Waals surface area contributed by atoms with Gasteiger partial charge < -0.3 is 14.6 Å². The molecule has 0 radical (unpaired) electrons. The van der Waals surface area contributed by atoms with E-state index < -0.39 is 7.12 Å². The maximum atomic E-state index is 9.03. The second-order valence-electron chi connectivity index (χ2n) is 3.05. The van der Waals surface area contributed by atoms with Crippen molar-refractivity contribution in [3.8, 4) is 5.69 Å². The molecule has 4 nitrogen and oxygen atoms in total. The van der Waals surface area contributed by atoms with Gasteiger partial charge in [0.1, 0.15) is 0 Å². The first-order chi connectivity index (χ1) is 7.18. The van der Waals surface area contributed by atoms with Crippen LogP contribution < -0.4 is 5.46 Å². The Morgan fingerprint density at radius 1 is 1.33 bits per heavy atom. The third-order valence-corrected chi connectivity index (χ3v) is 2.75. The molecule has 0 unspecified atom stereocenters. The van der Waals surface area contributed by atoms with E-state index in [0.29, 0.717) is 9.94 Å². The molecule has 0 bridgehead atoms. The summed E-state index contributed by atoms with van der Waals surface area (Å²) in [5, 5.41) is 18.1. The second kappa shape index (κ2) is 4.18. The number of benzene rings is 1. The molecule has 0 amide bonds. The van der Waals surface area contributed by atoms with Crippen LogP contribution in [0.4, 0.5) is 0 Å². The molecule has 0 saturated carbocycles. The van der Waals surface area contributed by atoms with Crippen molar-refractivity contribution in [2.45, 2.75) is 0 Å². The molecule has 1 aromatic carbocycles. The zero-order chi connectivity index (χ0) is 10.8. The lowest BCUT2D eigenvalue weighted by molar-refractivity contribution is 0.425. The summed E-state index contributed by atoms with van der Waals surface area (Å²) in [4.78, 5) is 3.93. The maximum Gasteiger partial charge on any atom is 0.489 e. The Balaban J connectivity index is 2.42. The molecule has 0 fully saturated rings. The van der Waals surface area contributed by atoms with E-state index in [1.165, 1.54) is 0 Å². The van der Waals surface area contributed by atoms with Gasteiger partial charge in [-0.25, -0.2) is 4.98 Å². The van der Waals surface area contributed by atoms with Gasteiger partial charge in [0.05, 0.1) is 6.33 Å². The Hall–Kier alpha value is -1.11. The van der Waals surface area contributed by atoms with Crippen LogP contribution in [0.15, 0.2) is 41.4 Å². The summed E-state index contributed by atoms with van der Waals surface area (Å²) in [6, 6.07) is 5.25. The van der Waals surface area contributed by atoms with Crippen molar-refractivity contribution in [2.75, 3.05) is 0 Å². The number of rotatable bonds is 2. The molecular weight excluding hydrogens is 259 g/mol. The van der Waals surface area contributed by atoms with Gasteiger partial charge >= 0.3 is 7.12 Å². The normalized spacial score (nSPS) is 10.3. The third kappa shape index (κ3) is 2.12. The van der Waals surface area contributed by atoms with Crippen molar-refractivity contribution >= 4 is 28.5 Å². The number of halogens is 1. The molecule has 2 aromatic rings. The highest BCUT2D eigenvalue weighted by atomic mass is 79.9. The van der Waals surface area contributed by atoms with Crippen LogP contribution in [-0.4, -0.2) is 26.7 Å². The molecule has 0 aliphatic carbocycles. The van der Waals surface area contributed by atoms with E-state index in [9.17, 15) is 0 Å². The fraction of sp³-hybridized carbons (Fsp3) is 0. The summed E-state index contributed by atoms with van der Waals surface area (Å²) < 4.78 is 2.49. The lowest BCUT2D eigenvalue weighted by atomic mass is 9.80. The Bertz CT molecular complexity index is 459. The second-order valence-corrected chi connectivity index (χ2v) is 3.90. The van der Waals surface area contributed by atoms with Crippen LogP contribution >= 0.6 is 15.9 Å². The standard InChI is InChI=1S/C9H8BBrN2O2/c11-9-5-7(13-4-3-12-6-13)1-2-8(9)10(14)15/h1-6,14-15H. The summed E-state index contributed by atoms with van der Waals surface area (Å²) in [6.07, 6.45) is 5.18. The predicted molar refractivity (Wildman–Crippen MR) is 61.1 cm³/mol. The van der Waals surface area contributed by atoms with Crippen molar-refractivity contribution in [2.24, 2.45) is 0 Å². The Kier molecular flexibility index (Phi) is 2.90. The molecule has 0 aliphatic rings. The largest absolute Gasteiger partial charge is 0.489 e. The van der Waals surface area contributed by atoms with Gasteiger partial charge in [-0.15, -0.1) is 0 Å². The molecule has 76 valence electrons. The third-order valence-electron chi connectivity index (χ3n) is 2.06. The van der Waals surface area contributed by atoms with Crippen LogP contribution in [0.5, 0.6) is 0 Å². The number of imidazole rings is 1. The first-order valence-electron chi connectivity index (χ1n) is 4.32. The average Bonchev–Trinajstić information content (AvgIpc) is 2.69. The molecule has 2 rings (SSSR count). The van der Waals surface area contributed by atoms with E-state index in [1.807, 2.05) is 10.8 Å². The van der Waals surface area contributed by atoms with Gasteiger partial charge in [-0.1, -0.05) is 22.0 Å². The first-order valence-corrected chi connectivity index (χ1v) is 5.11. The molecule has 15 heavy (non-hydrogen) atoms. The van der Waals surface area contributed by atoms with Gasteiger partial charge in [-0.3, -0.25) is 0 Å². The summed E-state index contributed by atoms with van der Waals surface area (Å²) in [5.74, 6) is 0. The van der Waals surface area contributed by atoms with Crippen molar-refractivity contribution in [1.29, 1.82) is 0 Å². The van der Waals surface area contributed by atoms with Gasteiger partial charge in [0.15, 0.2) is 0 Å². The Morgan fingerprint density at radius 2 is 2.13 bits per heavy atom. The van der Waals surface area contributed by atoms with E-state index >= 15 is 0 Å². The summed E-state index contributed by atoms with van der Waals surface area (Å²) >= 11 is 3.28. The van der Waals surface area contributed by atoms with E-state index in [1.54, 1.807) is 30.7 Å². The summed E-state index contributed by atoms with van der Waals surface area (Å²) in [6.45, 7) is 0. The smallest absolute Gasteiger partial charge is 0.423 e. The van der Waals surface area contributed by atoms with Crippen molar-refractivity contribution in [3.63, 3.8) is 0 Å². The SMILES string of the molecule is OB(O)c1ccc(-n2ccnc2)cc1Br. The van der Waals surface area contributed by atoms with Crippen LogP contribution in [0.2, 0.25) is 0 Å². The van der Waals surface area contributed by atoms with E-state index in [2.05, 4.69) is 20.9 Å². The van der Waals surface area contributed by atoms with Crippen LogP contribution in [0.1, 0.15) is 0 Å². The average molecular weight is 267 g/mol. The number of hydrogen-bond acceptors (Lipinski definition) is 3. The topological polar surface area (TPSA) is 58.3 Å². The predicted octanol–water partition coefficient (Wildman–Crippen LogP) is 0.315. The fourth-order valence-corrected chi connectivity index (χ4v) is 1.87. The van der Waals surface area contributed by atoms with E-state index in [-0.39, 0.29) is 0 Å². The molecule has 1 heterocycles. The van der Waals surface area contributed by atoms with Crippen molar-refractivity contribution in [3.05, 3.63) is 41.4 Å². The molecule has 0 spiro atoms. The summed E-state index contributed by atoms with van der Waals surface area (Å²) in [5.41, 5.74) is 1.35. The quantitative estimate of drug-likeness (QED) is 0.770. The van der Waals surface area contributed by atoms with Gasteiger partial charge in [-0.2, -0.15) is 0 Å². The van der Waals surface area contributed by atoms with Gasteiger partial charge in [-0.05, 0) is 17.6 Å². The van der Waals surface area contributed by atoms with Crippen LogP contribution in [-0.2, 0) is 0 Å². The highest BCUT2D eigenvalue weighted by molar-refractivity contribution is 9.10.